The maximum atomic E-state index is 11.6. The first-order chi connectivity index (χ1) is 9.44. The number of aliphatic carboxylic acids is 1. The van der Waals surface area contributed by atoms with Crippen molar-refractivity contribution in [3.05, 3.63) is 26.9 Å². The number of hydrogen-bond donors (Lipinski definition) is 2. The molecule has 0 aliphatic heterocycles. The molecule has 1 aliphatic carbocycles. The van der Waals surface area contributed by atoms with E-state index in [9.17, 15) is 20.0 Å². The Bertz CT molecular complexity index is 544. The number of nitro groups is 1. The molecule has 108 valence electrons. The zero-order chi connectivity index (χ0) is 14.8. The molecular weight excluding hydrogens is 330 g/mol. The lowest BCUT2D eigenvalue weighted by Crippen LogP contribution is -2.48. The van der Waals surface area contributed by atoms with Gasteiger partial charge in [0.2, 0.25) is 0 Å². The molecule has 0 amide bonds. The van der Waals surface area contributed by atoms with Crippen LogP contribution in [0.3, 0.4) is 0 Å². The topological polar surface area (TPSA) is 105 Å². The lowest BCUT2D eigenvalue weighted by Gasteiger charge is -2.34. The van der Waals surface area contributed by atoms with Crippen molar-refractivity contribution in [3.8, 4) is 0 Å². The fraction of sp³-hybridized carbons (Fsp3) is 0.500. The minimum atomic E-state index is -1.04. The number of halogens is 1. The molecule has 1 heterocycles. The SMILES string of the molecule is O=C(O)C1(Nc2ncc([N+](=O)[O-])cc2Br)CCCCC1. The Kier molecular flexibility index (Phi) is 4.22. The highest BCUT2D eigenvalue weighted by Gasteiger charge is 2.40. The van der Waals surface area contributed by atoms with Crippen LogP contribution in [0, 0.1) is 10.1 Å². The van der Waals surface area contributed by atoms with Crippen molar-refractivity contribution >= 4 is 33.4 Å². The fourth-order valence-corrected chi connectivity index (χ4v) is 2.83. The van der Waals surface area contributed by atoms with Gasteiger partial charge < -0.3 is 10.4 Å². The zero-order valence-electron chi connectivity index (χ0n) is 10.6. The number of anilines is 1. The molecule has 1 aromatic heterocycles. The number of nitrogens with zero attached hydrogens (tertiary/aromatic N) is 2. The van der Waals surface area contributed by atoms with Gasteiger partial charge in [0.05, 0.1) is 9.40 Å². The highest BCUT2D eigenvalue weighted by molar-refractivity contribution is 9.10. The van der Waals surface area contributed by atoms with E-state index in [0.717, 1.165) is 25.5 Å². The van der Waals surface area contributed by atoms with Crippen molar-refractivity contribution in [1.29, 1.82) is 0 Å². The third-order valence-electron chi connectivity index (χ3n) is 3.51. The van der Waals surface area contributed by atoms with Gasteiger partial charge in [-0.05, 0) is 28.8 Å². The van der Waals surface area contributed by atoms with Crippen LogP contribution in [0.15, 0.2) is 16.7 Å². The molecule has 0 radical (unpaired) electrons. The molecule has 1 fully saturated rings. The summed E-state index contributed by atoms with van der Waals surface area (Å²) in [7, 11) is 0. The number of pyridine rings is 1. The molecule has 8 heteroatoms. The highest BCUT2D eigenvalue weighted by atomic mass is 79.9. The molecule has 1 aromatic rings. The molecule has 0 atom stereocenters. The van der Waals surface area contributed by atoms with Gasteiger partial charge >= 0.3 is 5.97 Å². The summed E-state index contributed by atoms with van der Waals surface area (Å²) in [6.07, 6.45) is 4.85. The Hall–Kier alpha value is -1.70. The number of carbonyl (C=O) groups is 1. The predicted molar refractivity (Wildman–Crippen MR) is 75.7 cm³/mol. The quantitative estimate of drug-likeness (QED) is 0.643. The fourth-order valence-electron chi connectivity index (χ4n) is 2.39. The first kappa shape index (κ1) is 14.7. The maximum absolute atomic E-state index is 11.6. The molecule has 20 heavy (non-hydrogen) atoms. The van der Waals surface area contributed by atoms with Gasteiger partial charge in [-0.15, -0.1) is 0 Å². The van der Waals surface area contributed by atoms with E-state index in [2.05, 4.69) is 26.2 Å². The van der Waals surface area contributed by atoms with Crippen molar-refractivity contribution < 1.29 is 14.8 Å². The lowest BCUT2D eigenvalue weighted by atomic mass is 9.81. The first-order valence-electron chi connectivity index (χ1n) is 6.26. The minimum Gasteiger partial charge on any atom is -0.480 e. The third-order valence-corrected chi connectivity index (χ3v) is 4.12. The maximum Gasteiger partial charge on any atom is 0.329 e. The van der Waals surface area contributed by atoms with Gasteiger partial charge in [-0.25, -0.2) is 9.78 Å². The number of nitrogens with one attached hydrogen (secondary N) is 1. The van der Waals surface area contributed by atoms with Gasteiger partial charge in [-0.2, -0.15) is 0 Å². The monoisotopic (exact) mass is 343 g/mol. The average Bonchev–Trinajstić information content (AvgIpc) is 2.41. The number of carboxylic acid groups (broad SMARTS) is 1. The van der Waals surface area contributed by atoms with Crippen LogP contribution in [-0.4, -0.2) is 26.5 Å². The van der Waals surface area contributed by atoms with E-state index in [1.807, 2.05) is 0 Å². The highest BCUT2D eigenvalue weighted by Crippen LogP contribution is 2.34. The molecule has 0 saturated heterocycles. The van der Waals surface area contributed by atoms with Crippen LogP contribution < -0.4 is 5.32 Å². The Balaban J connectivity index is 2.27. The van der Waals surface area contributed by atoms with Crippen molar-refractivity contribution in [2.45, 2.75) is 37.6 Å². The standard InChI is InChI=1S/C12H14BrN3O4/c13-9-6-8(16(19)20)7-14-10(9)15-12(11(17)18)4-2-1-3-5-12/h6-7H,1-5H2,(H,14,15)(H,17,18). The molecule has 0 bridgehead atoms. The summed E-state index contributed by atoms with van der Waals surface area (Å²) in [5.41, 5.74) is -1.18. The molecule has 1 saturated carbocycles. The Morgan fingerprint density at radius 1 is 1.45 bits per heavy atom. The normalized spacial score (nSPS) is 17.4. The van der Waals surface area contributed by atoms with Gasteiger partial charge in [0.25, 0.3) is 5.69 Å². The summed E-state index contributed by atoms with van der Waals surface area (Å²) in [4.78, 5) is 25.6. The molecule has 2 rings (SSSR count). The molecular formula is C12H14BrN3O4. The number of carboxylic acids is 1. The van der Waals surface area contributed by atoms with E-state index in [4.69, 9.17) is 0 Å². The molecule has 7 nitrogen and oxygen atoms in total. The number of aromatic nitrogens is 1. The second-order valence-corrected chi connectivity index (χ2v) is 5.71. The summed E-state index contributed by atoms with van der Waals surface area (Å²) >= 11 is 3.19. The van der Waals surface area contributed by atoms with Gasteiger partial charge in [0.15, 0.2) is 0 Å². The second-order valence-electron chi connectivity index (χ2n) is 4.85. The van der Waals surface area contributed by atoms with E-state index in [0.29, 0.717) is 23.1 Å². The Morgan fingerprint density at radius 3 is 2.60 bits per heavy atom. The summed E-state index contributed by atoms with van der Waals surface area (Å²) in [5.74, 6) is -0.593. The Labute approximate surface area is 123 Å². The van der Waals surface area contributed by atoms with E-state index >= 15 is 0 Å². The third kappa shape index (κ3) is 2.90. The van der Waals surface area contributed by atoms with Crippen LogP contribution in [0.5, 0.6) is 0 Å². The van der Waals surface area contributed by atoms with E-state index < -0.39 is 16.4 Å². The summed E-state index contributed by atoms with van der Waals surface area (Å²) in [5, 5.41) is 23.1. The summed E-state index contributed by atoms with van der Waals surface area (Å²) < 4.78 is 0.387. The van der Waals surface area contributed by atoms with Crippen LogP contribution in [-0.2, 0) is 4.79 Å². The van der Waals surface area contributed by atoms with Crippen LogP contribution in [0.4, 0.5) is 11.5 Å². The van der Waals surface area contributed by atoms with Crippen LogP contribution >= 0.6 is 15.9 Å². The predicted octanol–water partition coefficient (Wildman–Crippen LogP) is 2.95. The van der Waals surface area contributed by atoms with E-state index in [1.54, 1.807) is 0 Å². The second kappa shape index (κ2) is 5.74. The molecule has 1 aliphatic rings. The van der Waals surface area contributed by atoms with Crippen molar-refractivity contribution in [2.75, 3.05) is 5.32 Å². The minimum absolute atomic E-state index is 0.143. The summed E-state index contributed by atoms with van der Waals surface area (Å²) in [6, 6.07) is 1.31. The van der Waals surface area contributed by atoms with Crippen LogP contribution in [0.2, 0.25) is 0 Å². The van der Waals surface area contributed by atoms with Gasteiger partial charge in [-0.3, -0.25) is 10.1 Å². The summed E-state index contributed by atoms with van der Waals surface area (Å²) in [6.45, 7) is 0. The van der Waals surface area contributed by atoms with E-state index in [1.165, 1.54) is 6.07 Å². The molecule has 0 spiro atoms. The van der Waals surface area contributed by atoms with Crippen molar-refractivity contribution in [1.82, 2.24) is 4.98 Å². The zero-order valence-corrected chi connectivity index (χ0v) is 12.2. The van der Waals surface area contributed by atoms with Gasteiger partial charge in [0, 0.05) is 6.07 Å². The van der Waals surface area contributed by atoms with Crippen molar-refractivity contribution in [3.63, 3.8) is 0 Å². The van der Waals surface area contributed by atoms with Gasteiger partial charge in [-0.1, -0.05) is 19.3 Å². The molecule has 2 N–H and O–H groups in total. The molecule has 0 unspecified atom stereocenters. The van der Waals surface area contributed by atoms with Crippen LogP contribution in [0.25, 0.3) is 0 Å². The van der Waals surface area contributed by atoms with E-state index in [-0.39, 0.29) is 5.69 Å². The molecule has 0 aromatic carbocycles. The average molecular weight is 344 g/mol. The smallest absolute Gasteiger partial charge is 0.329 e. The van der Waals surface area contributed by atoms with Crippen molar-refractivity contribution in [2.24, 2.45) is 0 Å². The van der Waals surface area contributed by atoms with Gasteiger partial charge in [0.1, 0.15) is 17.6 Å². The first-order valence-corrected chi connectivity index (χ1v) is 7.05. The Morgan fingerprint density at radius 2 is 2.10 bits per heavy atom. The van der Waals surface area contributed by atoms with Crippen LogP contribution in [0.1, 0.15) is 32.1 Å². The largest absolute Gasteiger partial charge is 0.480 e. The number of rotatable bonds is 4. The number of hydrogen-bond acceptors (Lipinski definition) is 5. The lowest BCUT2D eigenvalue weighted by molar-refractivity contribution is -0.385.